The first-order valence-corrected chi connectivity index (χ1v) is 9.64. The number of carbonyl (C=O) groups is 2. The summed E-state index contributed by atoms with van der Waals surface area (Å²) in [5.74, 6) is 1.29. The lowest BCUT2D eigenvalue weighted by atomic mass is 9.99. The van der Waals surface area contributed by atoms with Crippen molar-refractivity contribution in [3.8, 4) is 5.75 Å². The minimum atomic E-state index is -0.345. The van der Waals surface area contributed by atoms with Crippen molar-refractivity contribution in [2.24, 2.45) is 5.92 Å². The average molecular weight is 406 g/mol. The van der Waals surface area contributed by atoms with Gasteiger partial charge in [0.1, 0.15) is 11.5 Å². The molecule has 1 aromatic heterocycles. The molecule has 0 spiro atoms. The summed E-state index contributed by atoms with van der Waals surface area (Å²) in [4.78, 5) is 31.2. The summed E-state index contributed by atoms with van der Waals surface area (Å²) in [5, 5.41) is 3.21. The lowest BCUT2D eigenvalue weighted by molar-refractivity contribution is 0.0690. The van der Waals surface area contributed by atoms with Gasteiger partial charge in [-0.1, -0.05) is 18.5 Å². The van der Waals surface area contributed by atoms with Crippen molar-refractivity contribution in [3.63, 3.8) is 0 Å². The highest BCUT2D eigenvalue weighted by Gasteiger charge is 2.26. The molecule has 150 valence electrons. The number of nitrogens with zero attached hydrogens (tertiary/aromatic N) is 2. The summed E-state index contributed by atoms with van der Waals surface area (Å²) in [5.41, 5.74) is 0.664. The van der Waals surface area contributed by atoms with Gasteiger partial charge in [0.25, 0.3) is 11.8 Å². The molecule has 2 aromatic rings. The Morgan fingerprint density at radius 3 is 2.75 bits per heavy atom. The van der Waals surface area contributed by atoms with E-state index in [1.807, 2.05) is 4.90 Å². The number of amides is 2. The zero-order valence-corrected chi connectivity index (χ0v) is 17.0. The van der Waals surface area contributed by atoms with E-state index in [4.69, 9.17) is 20.8 Å². The van der Waals surface area contributed by atoms with Crippen LogP contribution >= 0.6 is 11.6 Å². The van der Waals surface area contributed by atoms with E-state index < -0.39 is 0 Å². The molecular weight excluding hydrogens is 382 g/mol. The van der Waals surface area contributed by atoms with E-state index in [9.17, 15) is 9.59 Å². The summed E-state index contributed by atoms with van der Waals surface area (Å²) < 4.78 is 10.8. The highest BCUT2D eigenvalue weighted by molar-refractivity contribution is 6.30. The van der Waals surface area contributed by atoms with Crippen LogP contribution in [-0.2, 0) is 6.54 Å². The molecule has 2 amide bonds. The monoisotopic (exact) mass is 405 g/mol. The maximum Gasteiger partial charge on any atom is 0.276 e. The first-order valence-electron chi connectivity index (χ1n) is 9.26. The zero-order chi connectivity index (χ0) is 20.3. The van der Waals surface area contributed by atoms with Gasteiger partial charge in [0.05, 0.1) is 19.2 Å². The first kappa shape index (κ1) is 20.2. The predicted molar refractivity (Wildman–Crippen MR) is 105 cm³/mol. The summed E-state index contributed by atoms with van der Waals surface area (Å²) >= 11 is 5.92. The van der Waals surface area contributed by atoms with Crippen LogP contribution in [0.25, 0.3) is 0 Å². The van der Waals surface area contributed by atoms with Gasteiger partial charge in [0.2, 0.25) is 5.89 Å². The number of hydrogen-bond donors (Lipinski definition) is 1. The maximum absolute atomic E-state index is 12.7. The fourth-order valence-electron chi connectivity index (χ4n) is 3.19. The van der Waals surface area contributed by atoms with E-state index in [-0.39, 0.29) is 24.2 Å². The van der Waals surface area contributed by atoms with Gasteiger partial charge in [0.15, 0.2) is 5.69 Å². The van der Waals surface area contributed by atoms with Gasteiger partial charge in [-0.25, -0.2) is 4.98 Å². The molecule has 7 nitrogen and oxygen atoms in total. The molecule has 1 aliphatic heterocycles. The lowest BCUT2D eigenvalue weighted by Gasteiger charge is -2.29. The zero-order valence-electron chi connectivity index (χ0n) is 16.3. The first-order chi connectivity index (χ1) is 13.4. The Balaban J connectivity index is 1.65. The fourth-order valence-corrected chi connectivity index (χ4v) is 3.35. The van der Waals surface area contributed by atoms with Gasteiger partial charge in [-0.3, -0.25) is 9.59 Å². The predicted octanol–water partition coefficient (Wildman–Crippen LogP) is 3.45. The number of piperidine rings is 1. The Kier molecular flexibility index (Phi) is 6.24. The number of benzene rings is 1. The second-order valence-corrected chi connectivity index (χ2v) is 7.45. The molecule has 1 aliphatic rings. The number of aromatic nitrogens is 1. The third-order valence-electron chi connectivity index (χ3n) is 4.92. The Labute approximate surface area is 169 Å². The van der Waals surface area contributed by atoms with Crippen molar-refractivity contribution in [2.75, 3.05) is 20.2 Å². The van der Waals surface area contributed by atoms with Gasteiger partial charge in [-0.2, -0.15) is 0 Å². The molecule has 28 heavy (non-hydrogen) atoms. The van der Waals surface area contributed by atoms with Crippen LogP contribution in [0.15, 0.2) is 22.6 Å². The summed E-state index contributed by atoms with van der Waals surface area (Å²) in [7, 11) is 1.47. The fraction of sp³-hybridized carbons (Fsp3) is 0.450. The molecule has 0 bridgehead atoms. The van der Waals surface area contributed by atoms with Crippen molar-refractivity contribution in [1.82, 2.24) is 15.2 Å². The lowest BCUT2D eigenvalue weighted by Crippen LogP contribution is -2.38. The number of oxazole rings is 1. The standard InChI is InChI=1S/C20H24ClN3O4/c1-12-6-8-24(9-7-12)20(26)18-13(2)28-17(23-18)11-22-19(25)15-5-4-14(21)10-16(15)27-3/h4-5,10,12H,6-9,11H2,1-3H3,(H,22,25). The molecule has 0 radical (unpaired) electrons. The molecule has 0 atom stereocenters. The summed E-state index contributed by atoms with van der Waals surface area (Å²) in [6.07, 6.45) is 1.99. The number of aryl methyl sites for hydroxylation is 1. The van der Waals surface area contributed by atoms with Crippen molar-refractivity contribution in [1.29, 1.82) is 0 Å². The molecule has 2 heterocycles. The number of rotatable bonds is 5. The van der Waals surface area contributed by atoms with E-state index in [0.29, 0.717) is 33.7 Å². The van der Waals surface area contributed by atoms with Crippen molar-refractivity contribution >= 4 is 23.4 Å². The Bertz CT molecular complexity index is 872. The Morgan fingerprint density at radius 2 is 2.07 bits per heavy atom. The van der Waals surface area contributed by atoms with E-state index in [0.717, 1.165) is 25.9 Å². The smallest absolute Gasteiger partial charge is 0.276 e. The highest BCUT2D eigenvalue weighted by atomic mass is 35.5. The van der Waals surface area contributed by atoms with Crippen LogP contribution in [0.4, 0.5) is 0 Å². The van der Waals surface area contributed by atoms with Gasteiger partial charge in [-0.05, 0) is 43.9 Å². The minimum absolute atomic E-state index is 0.0652. The van der Waals surface area contributed by atoms with Gasteiger partial charge < -0.3 is 19.4 Å². The third-order valence-corrected chi connectivity index (χ3v) is 5.16. The second kappa shape index (κ2) is 8.65. The van der Waals surface area contributed by atoms with Gasteiger partial charge in [-0.15, -0.1) is 0 Å². The van der Waals surface area contributed by atoms with Crippen LogP contribution in [-0.4, -0.2) is 41.9 Å². The second-order valence-electron chi connectivity index (χ2n) is 7.01. The topological polar surface area (TPSA) is 84.7 Å². The van der Waals surface area contributed by atoms with Crippen LogP contribution in [0, 0.1) is 12.8 Å². The molecule has 0 unspecified atom stereocenters. The summed E-state index contributed by atoms with van der Waals surface area (Å²) in [6.45, 7) is 5.43. The molecule has 0 aliphatic carbocycles. The third kappa shape index (κ3) is 4.47. The number of hydrogen-bond acceptors (Lipinski definition) is 5. The van der Waals surface area contributed by atoms with E-state index in [1.54, 1.807) is 25.1 Å². The molecule has 0 saturated carbocycles. The van der Waals surface area contributed by atoms with Crippen LogP contribution in [0.1, 0.15) is 52.3 Å². The van der Waals surface area contributed by atoms with E-state index >= 15 is 0 Å². The minimum Gasteiger partial charge on any atom is -0.496 e. The number of halogens is 1. The Morgan fingerprint density at radius 1 is 1.36 bits per heavy atom. The van der Waals surface area contributed by atoms with Crippen LogP contribution in [0.5, 0.6) is 5.75 Å². The molecule has 1 saturated heterocycles. The van der Waals surface area contributed by atoms with Crippen molar-refractivity contribution in [3.05, 3.63) is 46.1 Å². The quantitative estimate of drug-likeness (QED) is 0.823. The SMILES string of the molecule is COc1cc(Cl)ccc1C(=O)NCc1nc(C(=O)N2CCC(C)CC2)c(C)o1. The summed E-state index contributed by atoms with van der Waals surface area (Å²) in [6, 6.07) is 4.77. The molecule has 3 rings (SSSR count). The van der Waals surface area contributed by atoms with Crippen LogP contribution < -0.4 is 10.1 Å². The largest absolute Gasteiger partial charge is 0.496 e. The highest BCUT2D eigenvalue weighted by Crippen LogP contribution is 2.23. The number of likely N-dealkylation sites (tertiary alicyclic amines) is 1. The number of methoxy groups -OCH3 is 1. The van der Waals surface area contributed by atoms with Crippen molar-refractivity contribution < 1.29 is 18.7 Å². The van der Waals surface area contributed by atoms with Crippen molar-refractivity contribution in [2.45, 2.75) is 33.2 Å². The van der Waals surface area contributed by atoms with Crippen LogP contribution in [0.2, 0.25) is 5.02 Å². The van der Waals surface area contributed by atoms with Gasteiger partial charge in [0, 0.05) is 18.1 Å². The Hall–Kier alpha value is -2.54. The molecule has 1 fully saturated rings. The molecule has 1 aromatic carbocycles. The average Bonchev–Trinajstić information content (AvgIpc) is 3.06. The number of nitrogens with one attached hydrogen (secondary N) is 1. The molecule has 8 heteroatoms. The number of ether oxygens (including phenoxy) is 1. The molecule has 1 N–H and O–H groups in total. The van der Waals surface area contributed by atoms with Gasteiger partial charge >= 0.3 is 0 Å². The van der Waals surface area contributed by atoms with E-state index in [2.05, 4.69) is 17.2 Å². The molecular formula is C20H24ClN3O4. The normalized spacial score (nSPS) is 14.8. The van der Waals surface area contributed by atoms with Crippen LogP contribution in [0.3, 0.4) is 0 Å². The van der Waals surface area contributed by atoms with E-state index in [1.165, 1.54) is 7.11 Å². The maximum atomic E-state index is 12.7. The number of carbonyl (C=O) groups excluding carboxylic acids is 2.